The molecule has 0 fully saturated rings. The molecule has 1 aromatic carbocycles. The van der Waals surface area contributed by atoms with E-state index in [0.717, 1.165) is 0 Å². The molecular formula is C12H15BrFNO2. The van der Waals surface area contributed by atoms with Gasteiger partial charge >= 0.3 is 0 Å². The second-order valence-corrected chi connectivity index (χ2v) is 4.83. The molecule has 0 saturated carbocycles. The van der Waals surface area contributed by atoms with Gasteiger partial charge < -0.3 is 10.5 Å². The van der Waals surface area contributed by atoms with E-state index in [2.05, 4.69) is 15.9 Å². The van der Waals surface area contributed by atoms with E-state index in [-0.39, 0.29) is 17.6 Å². The third-order valence-corrected chi connectivity index (χ3v) is 2.94. The molecule has 1 aromatic rings. The number of benzene rings is 1. The quantitative estimate of drug-likeness (QED) is 0.878. The first-order valence-corrected chi connectivity index (χ1v) is 6.15. The van der Waals surface area contributed by atoms with Gasteiger partial charge in [-0.25, -0.2) is 4.39 Å². The number of carbonyl (C=O) groups excluding carboxylic acids is 1. The maximum atomic E-state index is 13.5. The van der Waals surface area contributed by atoms with Crippen molar-refractivity contribution in [2.75, 3.05) is 6.61 Å². The summed E-state index contributed by atoms with van der Waals surface area (Å²) in [7, 11) is 0. The van der Waals surface area contributed by atoms with Crippen molar-refractivity contribution in [3.05, 3.63) is 28.5 Å². The van der Waals surface area contributed by atoms with Crippen LogP contribution in [-0.4, -0.2) is 12.5 Å². The van der Waals surface area contributed by atoms with Gasteiger partial charge in [-0.15, -0.1) is 0 Å². The van der Waals surface area contributed by atoms with Gasteiger partial charge in [-0.1, -0.05) is 13.0 Å². The number of hydrogen-bond donors (Lipinski definition) is 1. The zero-order valence-corrected chi connectivity index (χ0v) is 11.2. The van der Waals surface area contributed by atoms with E-state index in [4.69, 9.17) is 10.5 Å². The summed E-state index contributed by atoms with van der Waals surface area (Å²) >= 11 is 3.09. The second-order valence-electron chi connectivity index (χ2n) is 3.97. The van der Waals surface area contributed by atoms with Gasteiger partial charge in [-0.3, -0.25) is 4.79 Å². The highest BCUT2D eigenvalue weighted by molar-refractivity contribution is 9.10. The Hall–Kier alpha value is -1.10. The lowest BCUT2D eigenvalue weighted by atomic mass is 10.1. The van der Waals surface area contributed by atoms with Crippen LogP contribution < -0.4 is 10.5 Å². The lowest BCUT2D eigenvalue weighted by molar-refractivity contribution is -0.118. The minimum Gasteiger partial charge on any atom is -0.490 e. The van der Waals surface area contributed by atoms with E-state index in [1.54, 1.807) is 18.2 Å². The largest absolute Gasteiger partial charge is 0.490 e. The van der Waals surface area contributed by atoms with E-state index in [0.29, 0.717) is 23.9 Å². The number of amides is 1. The fraction of sp³-hybridized carbons (Fsp3) is 0.417. The van der Waals surface area contributed by atoms with Gasteiger partial charge in [-0.2, -0.15) is 0 Å². The lowest BCUT2D eigenvalue weighted by Gasteiger charge is -2.13. The monoisotopic (exact) mass is 303 g/mol. The number of halogens is 2. The minimum absolute atomic E-state index is 0.154. The summed E-state index contributed by atoms with van der Waals surface area (Å²) in [4.78, 5) is 10.6. The third-order valence-electron chi connectivity index (χ3n) is 2.32. The number of rotatable bonds is 6. The molecule has 0 saturated heterocycles. The van der Waals surface area contributed by atoms with Crippen LogP contribution in [-0.2, 0) is 4.79 Å². The molecule has 0 bridgehead atoms. The predicted octanol–water partition coefficient (Wildman–Crippen LogP) is 2.87. The van der Waals surface area contributed by atoms with Crippen molar-refractivity contribution in [3.63, 3.8) is 0 Å². The van der Waals surface area contributed by atoms with Crippen molar-refractivity contribution in [1.29, 1.82) is 0 Å². The summed E-state index contributed by atoms with van der Waals surface area (Å²) in [5.41, 5.74) is 5.05. The number of primary amides is 1. The zero-order valence-electron chi connectivity index (χ0n) is 9.58. The van der Waals surface area contributed by atoms with Crippen LogP contribution in [0.15, 0.2) is 22.7 Å². The maximum Gasteiger partial charge on any atom is 0.217 e. The fourth-order valence-corrected chi connectivity index (χ4v) is 1.65. The summed E-state index contributed by atoms with van der Waals surface area (Å²) in [5, 5.41) is 0. The Morgan fingerprint density at radius 1 is 1.59 bits per heavy atom. The molecule has 17 heavy (non-hydrogen) atoms. The molecule has 0 spiro atoms. The third kappa shape index (κ3) is 4.73. The standard InChI is InChI=1S/C12H15BrFNO2/c1-8(5-6-11(15)16)7-17-10-4-2-3-9(13)12(10)14/h2-4,8H,5-7H2,1H3,(H2,15,16)/t8-/m0/s1. The Kier molecular flexibility index (Phi) is 5.41. The highest BCUT2D eigenvalue weighted by Crippen LogP contribution is 2.25. The van der Waals surface area contributed by atoms with Gasteiger partial charge in [0.05, 0.1) is 11.1 Å². The summed E-state index contributed by atoms with van der Waals surface area (Å²) < 4.78 is 19.2. The van der Waals surface area contributed by atoms with Gasteiger partial charge in [0, 0.05) is 6.42 Å². The topological polar surface area (TPSA) is 52.3 Å². The number of hydrogen-bond acceptors (Lipinski definition) is 2. The molecule has 0 heterocycles. The average molecular weight is 304 g/mol. The first-order valence-electron chi connectivity index (χ1n) is 5.35. The van der Waals surface area contributed by atoms with Crippen LogP contribution in [0.5, 0.6) is 5.75 Å². The molecular weight excluding hydrogens is 289 g/mol. The molecule has 0 aromatic heterocycles. The molecule has 1 atom stereocenters. The van der Waals surface area contributed by atoms with Crippen LogP contribution in [0.1, 0.15) is 19.8 Å². The summed E-state index contributed by atoms with van der Waals surface area (Å²) in [6.07, 6.45) is 0.969. The van der Waals surface area contributed by atoms with Crippen molar-refractivity contribution in [2.24, 2.45) is 11.7 Å². The Balaban J connectivity index is 2.44. The van der Waals surface area contributed by atoms with Crippen molar-refractivity contribution in [1.82, 2.24) is 0 Å². The first kappa shape index (κ1) is 14.0. The Morgan fingerprint density at radius 2 is 2.29 bits per heavy atom. The van der Waals surface area contributed by atoms with Crippen LogP contribution in [0, 0.1) is 11.7 Å². The molecule has 0 unspecified atom stereocenters. The summed E-state index contributed by atoms with van der Waals surface area (Å²) in [6, 6.07) is 4.89. The zero-order chi connectivity index (χ0) is 12.8. The summed E-state index contributed by atoms with van der Waals surface area (Å²) in [5.74, 6) is -0.369. The molecule has 94 valence electrons. The van der Waals surface area contributed by atoms with Crippen molar-refractivity contribution < 1.29 is 13.9 Å². The minimum atomic E-state index is -0.408. The second kappa shape index (κ2) is 6.59. The normalized spacial score (nSPS) is 12.2. The van der Waals surface area contributed by atoms with Gasteiger partial charge in [0.1, 0.15) is 0 Å². The molecule has 0 radical (unpaired) electrons. The molecule has 0 aliphatic heterocycles. The fourth-order valence-electron chi connectivity index (χ4n) is 1.30. The Bertz CT molecular complexity index is 398. The molecule has 2 N–H and O–H groups in total. The maximum absolute atomic E-state index is 13.5. The van der Waals surface area contributed by atoms with E-state index >= 15 is 0 Å². The van der Waals surface area contributed by atoms with Crippen LogP contribution in [0.4, 0.5) is 4.39 Å². The highest BCUT2D eigenvalue weighted by Gasteiger charge is 2.09. The number of ether oxygens (including phenoxy) is 1. The van der Waals surface area contributed by atoms with E-state index in [9.17, 15) is 9.18 Å². The van der Waals surface area contributed by atoms with Gasteiger partial charge in [-0.05, 0) is 40.4 Å². The number of nitrogens with two attached hydrogens (primary N) is 1. The molecule has 1 amide bonds. The molecule has 3 nitrogen and oxygen atoms in total. The molecule has 0 aliphatic carbocycles. The SMILES string of the molecule is C[C@@H](CCC(N)=O)COc1cccc(Br)c1F. The van der Waals surface area contributed by atoms with Crippen molar-refractivity contribution in [2.45, 2.75) is 19.8 Å². The van der Waals surface area contributed by atoms with Crippen LogP contribution in [0.3, 0.4) is 0 Å². The highest BCUT2D eigenvalue weighted by atomic mass is 79.9. The number of carbonyl (C=O) groups is 1. The predicted molar refractivity (Wildman–Crippen MR) is 67.2 cm³/mol. The molecule has 5 heteroatoms. The van der Waals surface area contributed by atoms with Crippen LogP contribution in [0.25, 0.3) is 0 Å². The first-order chi connectivity index (χ1) is 8.00. The lowest BCUT2D eigenvalue weighted by Crippen LogP contribution is -2.15. The Morgan fingerprint density at radius 3 is 2.94 bits per heavy atom. The van der Waals surface area contributed by atoms with Gasteiger partial charge in [0.2, 0.25) is 5.91 Å². The van der Waals surface area contributed by atoms with Crippen LogP contribution in [0.2, 0.25) is 0 Å². The van der Waals surface area contributed by atoms with Crippen molar-refractivity contribution in [3.8, 4) is 5.75 Å². The van der Waals surface area contributed by atoms with E-state index in [1.807, 2.05) is 6.92 Å². The van der Waals surface area contributed by atoms with Gasteiger partial charge in [0.15, 0.2) is 11.6 Å². The average Bonchev–Trinajstić information content (AvgIpc) is 2.28. The van der Waals surface area contributed by atoms with Gasteiger partial charge in [0.25, 0.3) is 0 Å². The van der Waals surface area contributed by atoms with Crippen molar-refractivity contribution >= 4 is 21.8 Å². The smallest absolute Gasteiger partial charge is 0.217 e. The molecule has 0 aliphatic rings. The molecule has 1 rings (SSSR count). The summed E-state index contributed by atoms with van der Waals surface area (Å²) in [6.45, 7) is 2.29. The van der Waals surface area contributed by atoms with E-state index in [1.165, 1.54) is 0 Å². The van der Waals surface area contributed by atoms with Crippen LogP contribution >= 0.6 is 15.9 Å². The Labute approximate surface area is 108 Å². The van der Waals surface area contributed by atoms with E-state index < -0.39 is 5.82 Å².